The zero-order valence-electron chi connectivity index (χ0n) is 16.2. The van der Waals surface area contributed by atoms with E-state index in [-0.39, 0.29) is 24.0 Å². The minimum atomic E-state index is -0.577. The van der Waals surface area contributed by atoms with Gasteiger partial charge in [0.25, 0.3) is 5.91 Å². The van der Waals surface area contributed by atoms with E-state index in [2.05, 4.69) is 4.90 Å². The van der Waals surface area contributed by atoms with Crippen molar-refractivity contribution in [2.45, 2.75) is 6.54 Å². The summed E-state index contributed by atoms with van der Waals surface area (Å²) in [5.74, 6) is 0.0823. The number of ether oxygens (including phenoxy) is 1. The molecule has 2 aromatic carbocycles. The van der Waals surface area contributed by atoms with E-state index in [9.17, 15) is 14.7 Å². The van der Waals surface area contributed by atoms with E-state index in [4.69, 9.17) is 20.8 Å². The Balaban J connectivity index is 1.33. The predicted octanol–water partition coefficient (Wildman–Crippen LogP) is 2.88. The van der Waals surface area contributed by atoms with Gasteiger partial charge in [0, 0.05) is 37.7 Å². The van der Waals surface area contributed by atoms with Crippen molar-refractivity contribution in [3.63, 3.8) is 0 Å². The van der Waals surface area contributed by atoms with E-state index in [1.807, 2.05) is 24.3 Å². The summed E-state index contributed by atoms with van der Waals surface area (Å²) in [5, 5.41) is 10.8. The van der Waals surface area contributed by atoms with Crippen LogP contribution in [0.1, 0.15) is 5.56 Å². The first kappa shape index (κ1) is 20.3. The molecule has 7 nitrogen and oxygen atoms in total. The molecular formula is C22H21ClN2O5. The number of rotatable bonds is 5. The van der Waals surface area contributed by atoms with E-state index in [1.54, 1.807) is 4.90 Å². The SMILES string of the molecule is O=C(COc1cc(=O)oc2ccc(O)cc12)N1CCN(Cc2ccc(Cl)cc2)CC1. The topological polar surface area (TPSA) is 83.2 Å². The van der Waals surface area contributed by atoms with Crippen molar-refractivity contribution in [2.24, 2.45) is 0 Å². The number of carbonyl (C=O) groups is 1. The smallest absolute Gasteiger partial charge is 0.339 e. The second-order valence-electron chi connectivity index (χ2n) is 7.18. The molecule has 1 amide bonds. The zero-order chi connectivity index (χ0) is 21.1. The lowest BCUT2D eigenvalue weighted by Gasteiger charge is -2.34. The molecule has 0 aliphatic carbocycles. The van der Waals surface area contributed by atoms with Gasteiger partial charge in [0.15, 0.2) is 6.61 Å². The zero-order valence-corrected chi connectivity index (χ0v) is 17.0. The number of carbonyl (C=O) groups excluding carboxylic acids is 1. The average Bonchev–Trinajstić information content (AvgIpc) is 2.74. The number of halogens is 1. The predicted molar refractivity (Wildman–Crippen MR) is 113 cm³/mol. The lowest BCUT2D eigenvalue weighted by molar-refractivity contribution is -0.135. The molecule has 1 aromatic heterocycles. The van der Waals surface area contributed by atoms with Crippen LogP contribution in [0.4, 0.5) is 0 Å². The summed E-state index contributed by atoms with van der Waals surface area (Å²) in [6.45, 7) is 3.36. The molecule has 1 aliphatic rings. The van der Waals surface area contributed by atoms with Gasteiger partial charge in [0.1, 0.15) is 17.1 Å². The van der Waals surface area contributed by atoms with Crippen LogP contribution in [0.15, 0.2) is 57.7 Å². The first-order valence-corrected chi connectivity index (χ1v) is 10.00. The maximum absolute atomic E-state index is 12.6. The molecule has 4 rings (SSSR count). The van der Waals surface area contributed by atoms with Crippen molar-refractivity contribution in [1.29, 1.82) is 0 Å². The van der Waals surface area contributed by atoms with E-state index in [0.717, 1.165) is 19.6 Å². The third-order valence-electron chi connectivity index (χ3n) is 5.08. The summed E-state index contributed by atoms with van der Waals surface area (Å²) in [7, 11) is 0. The molecule has 1 aliphatic heterocycles. The number of amides is 1. The Morgan fingerprint density at radius 1 is 1.07 bits per heavy atom. The molecule has 0 saturated carbocycles. The van der Waals surface area contributed by atoms with Crippen LogP contribution in [0.3, 0.4) is 0 Å². The van der Waals surface area contributed by atoms with Crippen LogP contribution in [0, 0.1) is 0 Å². The summed E-state index contributed by atoms with van der Waals surface area (Å²) < 4.78 is 10.7. The quantitative estimate of drug-likeness (QED) is 0.629. The van der Waals surface area contributed by atoms with Gasteiger partial charge in [-0.2, -0.15) is 0 Å². The molecule has 30 heavy (non-hydrogen) atoms. The van der Waals surface area contributed by atoms with Crippen LogP contribution in [0.2, 0.25) is 5.02 Å². The molecule has 2 heterocycles. The second-order valence-corrected chi connectivity index (χ2v) is 7.62. The van der Waals surface area contributed by atoms with Crippen molar-refractivity contribution in [1.82, 2.24) is 9.80 Å². The Morgan fingerprint density at radius 3 is 2.53 bits per heavy atom. The maximum atomic E-state index is 12.6. The number of piperazine rings is 1. The summed E-state index contributed by atoms with van der Waals surface area (Å²) in [6.07, 6.45) is 0. The van der Waals surface area contributed by atoms with Crippen LogP contribution in [-0.4, -0.2) is 53.6 Å². The summed E-state index contributed by atoms with van der Waals surface area (Å²) in [5.41, 5.74) is 0.894. The monoisotopic (exact) mass is 428 g/mol. The molecular weight excluding hydrogens is 408 g/mol. The molecule has 1 fully saturated rings. The van der Waals surface area contributed by atoms with Gasteiger partial charge in [0.05, 0.1) is 11.5 Å². The number of hydrogen-bond donors (Lipinski definition) is 1. The number of phenolic OH excluding ortho intramolecular Hbond substituents is 1. The number of benzene rings is 2. The van der Waals surface area contributed by atoms with E-state index in [1.165, 1.54) is 29.8 Å². The van der Waals surface area contributed by atoms with Gasteiger partial charge in [-0.05, 0) is 35.9 Å². The summed E-state index contributed by atoms with van der Waals surface area (Å²) in [4.78, 5) is 28.3. The van der Waals surface area contributed by atoms with Gasteiger partial charge in [0.2, 0.25) is 0 Å². The van der Waals surface area contributed by atoms with E-state index >= 15 is 0 Å². The third kappa shape index (κ3) is 4.75. The van der Waals surface area contributed by atoms with Crippen LogP contribution >= 0.6 is 11.6 Å². The fraction of sp³-hybridized carbons (Fsp3) is 0.273. The maximum Gasteiger partial charge on any atom is 0.339 e. The molecule has 0 spiro atoms. The normalized spacial score (nSPS) is 14.8. The first-order chi connectivity index (χ1) is 14.5. The van der Waals surface area contributed by atoms with Crippen LogP contribution in [0.25, 0.3) is 11.0 Å². The highest BCUT2D eigenvalue weighted by atomic mass is 35.5. The van der Waals surface area contributed by atoms with Gasteiger partial charge in [-0.25, -0.2) is 4.79 Å². The number of phenols is 1. The Kier molecular flexibility index (Phi) is 5.92. The lowest BCUT2D eigenvalue weighted by atomic mass is 10.2. The van der Waals surface area contributed by atoms with Gasteiger partial charge in [-0.15, -0.1) is 0 Å². The fourth-order valence-corrected chi connectivity index (χ4v) is 3.60. The second kappa shape index (κ2) is 8.77. The highest BCUT2D eigenvalue weighted by Gasteiger charge is 2.22. The average molecular weight is 429 g/mol. The lowest BCUT2D eigenvalue weighted by Crippen LogP contribution is -2.49. The Labute approximate surface area is 178 Å². The number of hydrogen-bond acceptors (Lipinski definition) is 6. The molecule has 8 heteroatoms. The highest BCUT2D eigenvalue weighted by molar-refractivity contribution is 6.30. The summed E-state index contributed by atoms with van der Waals surface area (Å²) >= 11 is 5.93. The number of nitrogens with zero attached hydrogens (tertiary/aromatic N) is 2. The van der Waals surface area contributed by atoms with Crippen molar-refractivity contribution in [3.05, 3.63) is 69.5 Å². The van der Waals surface area contributed by atoms with Gasteiger partial charge < -0.3 is 19.2 Å². The van der Waals surface area contributed by atoms with Crippen molar-refractivity contribution in [2.75, 3.05) is 32.8 Å². The molecule has 1 N–H and O–H groups in total. The Bertz CT molecular complexity index is 1100. The fourth-order valence-electron chi connectivity index (χ4n) is 3.48. The molecule has 1 saturated heterocycles. The van der Waals surface area contributed by atoms with Gasteiger partial charge in [-0.3, -0.25) is 9.69 Å². The van der Waals surface area contributed by atoms with E-state index in [0.29, 0.717) is 29.1 Å². The van der Waals surface area contributed by atoms with Gasteiger partial charge >= 0.3 is 5.63 Å². The van der Waals surface area contributed by atoms with Crippen LogP contribution in [-0.2, 0) is 11.3 Å². The van der Waals surface area contributed by atoms with E-state index < -0.39 is 5.63 Å². The summed E-state index contributed by atoms with van der Waals surface area (Å²) in [6, 6.07) is 13.3. The first-order valence-electron chi connectivity index (χ1n) is 9.62. The number of fused-ring (bicyclic) bond motifs is 1. The molecule has 0 bridgehead atoms. The molecule has 0 unspecified atom stereocenters. The standard InChI is InChI=1S/C22H21ClN2O5/c23-16-3-1-15(2-4-16)13-24-7-9-25(10-8-24)21(27)14-29-20-12-22(28)30-19-6-5-17(26)11-18(19)20/h1-6,11-12,26H,7-10,13-14H2. The van der Waals surface area contributed by atoms with Gasteiger partial charge in [-0.1, -0.05) is 23.7 Å². The minimum Gasteiger partial charge on any atom is -0.508 e. The molecule has 156 valence electrons. The Morgan fingerprint density at radius 2 is 1.80 bits per heavy atom. The number of aromatic hydroxyl groups is 1. The van der Waals surface area contributed by atoms with Crippen LogP contribution in [0.5, 0.6) is 11.5 Å². The highest BCUT2D eigenvalue weighted by Crippen LogP contribution is 2.27. The molecule has 0 radical (unpaired) electrons. The van der Waals surface area contributed by atoms with Crippen molar-refractivity contribution in [3.8, 4) is 11.5 Å². The Hall–Kier alpha value is -3.03. The molecule has 0 atom stereocenters. The largest absolute Gasteiger partial charge is 0.508 e. The third-order valence-corrected chi connectivity index (χ3v) is 5.34. The van der Waals surface area contributed by atoms with Crippen molar-refractivity contribution < 1.29 is 19.1 Å². The minimum absolute atomic E-state index is 0.0179. The molecule has 3 aromatic rings. The van der Waals surface area contributed by atoms with Crippen molar-refractivity contribution >= 4 is 28.5 Å². The van der Waals surface area contributed by atoms with Crippen LogP contribution < -0.4 is 10.4 Å².